The molecule has 1 saturated heterocycles. The van der Waals surface area contributed by atoms with Crippen LogP contribution < -0.4 is 0 Å². The highest BCUT2D eigenvalue weighted by Crippen LogP contribution is 2.13. The number of urea groups is 1. The van der Waals surface area contributed by atoms with Crippen LogP contribution in [0.25, 0.3) is 0 Å². The van der Waals surface area contributed by atoms with E-state index in [1.807, 2.05) is 0 Å². The first-order valence-corrected chi connectivity index (χ1v) is 5.58. The number of rotatable bonds is 5. The Morgan fingerprint density at radius 1 is 1.16 bits per heavy atom. The van der Waals surface area contributed by atoms with Gasteiger partial charge in [-0.25, -0.2) is 4.79 Å². The predicted octanol–water partition coefficient (Wildman–Crippen LogP) is -0.657. The third-order valence-corrected chi connectivity index (χ3v) is 2.80. The van der Waals surface area contributed by atoms with Crippen molar-refractivity contribution < 1.29 is 23.9 Å². The normalized spacial score (nSPS) is 18.3. The number of carbonyl (C=O) groups excluding carboxylic acids is 3. The summed E-state index contributed by atoms with van der Waals surface area (Å²) in [7, 11) is 5.56. The van der Waals surface area contributed by atoms with Gasteiger partial charge < -0.3 is 9.47 Å². The fourth-order valence-corrected chi connectivity index (χ4v) is 1.56. The van der Waals surface area contributed by atoms with Crippen molar-refractivity contribution in [3.8, 4) is 0 Å². The van der Waals surface area contributed by atoms with Crippen molar-refractivity contribution in [3.05, 3.63) is 0 Å². The van der Waals surface area contributed by atoms with Crippen LogP contribution >= 0.6 is 0 Å². The number of amides is 4. The van der Waals surface area contributed by atoms with Crippen LogP contribution in [0.15, 0.2) is 4.99 Å². The Kier molecular flexibility index (Phi) is 5.13. The van der Waals surface area contributed by atoms with Crippen molar-refractivity contribution in [2.45, 2.75) is 6.29 Å². The number of imide groups is 2. The van der Waals surface area contributed by atoms with E-state index in [2.05, 4.69) is 4.99 Å². The van der Waals surface area contributed by atoms with Crippen LogP contribution in [-0.4, -0.2) is 75.0 Å². The first-order chi connectivity index (χ1) is 8.93. The lowest BCUT2D eigenvalue weighted by Crippen LogP contribution is -2.57. The summed E-state index contributed by atoms with van der Waals surface area (Å²) in [6.07, 6.45) is 0.678. The number of hydrogen-bond acceptors (Lipinski definition) is 6. The number of aliphatic imine (C=N–C) groups is 1. The standard InChI is InChI=1S/C11H17N3O5/c1-13-9(15)7(10(16)14(2)11(13)17)5-12-6-8(18-3)19-4/h5,7-8H,6H2,1-4H3. The molecule has 0 aromatic rings. The maximum Gasteiger partial charge on any atom is 0.332 e. The zero-order chi connectivity index (χ0) is 14.6. The van der Waals surface area contributed by atoms with Gasteiger partial charge in [-0.15, -0.1) is 0 Å². The van der Waals surface area contributed by atoms with E-state index in [0.29, 0.717) is 0 Å². The molecular formula is C11H17N3O5. The van der Waals surface area contributed by atoms with E-state index < -0.39 is 30.1 Å². The van der Waals surface area contributed by atoms with Crippen molar-refractivity contribution >= 4 is 24.1 Å². The summed E-state index contributed by atoms with van der Waals surface area (Å²) in [6, 6.07) is -0.647. The third kappa shape index (κ3) is 3.15. The Morgan fingerprint density at radius 3 is 2.05 bits per heavy atom. The average molecular weight is 271 g/mol. The molecular weight excluding hydrogens is 254 g/mol. The number of ether oxygens (including phenoxy) is 2. The Morgan fingerprint density at radius 2 is 1.63 bits per heavy atom. The van der Waals surface area contributed by atoms with Crippen molar-refractivity contribution in [1.82, 2.24) is 9.80 Å². The van der Waals surface area contributed by atoms with Crippen LogP contribution in [0.5, 0.6) is 0 Å². The summed E-state index contributed by atoms with van der Waals surface area (Å²) in [5.74, 6) is -2.27. The highest BCUT2D eigenvalue weighted by Gasteiger charge is 2.41. The van der Waals surface area contributed by atoms with Crippen LogP contribution in [0.4, 0.5) is 4.79 Å². The minimum absolute atomic E-state index is 0.158. The Labute approximate surface area is 111 Å². The van der Waals surface area contributed by atoms with E-state index in [0.717, 1.165) is 9.80 Å². The molecule has 0 atom stereocenters. The van der Waals surface area contributed by atoms with Gasteiger partial charge in [0.2, 0.25) is 11.8 Å². The van der Waals surface area contributed by atoms with Crippen molar-refractivity contribution in [3.63, 3.8) is 0 Å². The van der Waals surface area contributed by atoms with Crippen LogP contribution in [0, 0.1) is 5.92 Å². The van der Waals surface area contributed by atoms with E-state index in [1.54, 1.807) is 0 Å². The molecule has 8 nitrogen and oxygen atoms in total. The molecule has 106 valence electrons. The first kappa shape index (κ1) is 15.3. The fourth-order valence-electron chi connectivity index (χ4n) is 1.56. The smallest absolute Gasteiger partial charge is 0.332 e. The molecule has 0 unspecified atom stereocenters. The number of methoxy groups -OCH3 is 2. The summed E-state index contributed by atoms with van der Waals surface area (Å²) in [5, 5.41) is 0. The highest BCUT2D eigenvalue weighted by atomic mass is 16.7. The van der Waals surface area contributed by atoms with E-state index in [4.69, 9.17) is 9.47 Å². The Bertz CT molecular complexity index is 381. The number of barbiturate groups is 1. The lowest BCUT2D eigenvalue weighted by Gasteiger charge is -2.31. The monoisotopic (exact) mass is 271 g/mol. The van der Waals surface area contributed by atoms with Gasteiger partial charge in [0.1, 0.15) is 0 Å². The predicted molar refractivity (Wildman–Crippen MR) is 65.6 cm³/mol. The Balaban J connectivity index is 2.76. The van der Waals surface area contributed by atoms with Gasteiger partial charge in [0.15, 0.2) is 12.2 Å². The van der Waals surface area contributed by atoms with Crippen molar-refractivity contribution in [1.29, 1.82) is 0 Å². The van der Waals surface area contributed by atoms with Crippen molar-refractivity contribution in [2.75, 3.05) is 34.9 Å². The fraction of sp³-hybridized carbons (Fsp3) is 0.636. The maximum atomic E-state index is 11.8. The molecule has 0 spiro atoms. The van der Waals surface area contributed by atoms with Crippen LogP contribution in [0.1, 0.15) is 0 Å². The number of nitrogens with zero attached hydrogens (tertiary/aromatic N) is 3. The van der Waals surface area contributed by atoms with Gasteiger partial charge in [0.05, 0.1) is 6.54 Å². The molecule has 0 radical (unpaired) electrons. The molecule has 0 N–H and O–H groups in total. The van der Waals surface area contributed by atoms with Gasteiger partial charge in [0, 0.05) is 34.5 Å². The molecule has 0 aromatic carbocycles. The van der Waals surface area contributed by atoms with Crippen LogP contribution in [0.2, 0.25) is 0 Å². The van der Waals surface area contributed by atoms with Crippen LogP contribution in [-0.2, 0) is 19.1 Å². The summed E-state index contributed by atoms with van der Waals surface area (Å²) >= 11 is 0. The van der Waals surface area contributed by atoms with E-state index in [1.165, 1.54) is 34.5 Å². The average Bonchev–Trinajstić information content (AvgIpc) is 2.42. The molecule has 0 aliphatic carbocycles. The first-order valence-electron chi connectivity index (χ1n) is 5.58. The molecule has 1 aliphatic heterocycles. The summed E-state index contributed by atoms with van der Waals surface area (Å²) in [5.41, 5.74) is 0. The molecule has 4 amide bonds. The van der Waals surface area contributed by atoms with Crippen LogP contribution in [0.3, 0.4) is 0 Å². The van der Waals surface area contributed by atoms with E-state index in [-0.39, 0.29) is 6.54 Å². The lowest BCUT2D eigenvalue weighted by atomic mass is 10.1. The topological polar surface area (TPSA) is 88.5 Å². The summed E-state index contributed by atoms with van der Waals surface area (Å²) in [6.45, 7) is 0.158. The van der Waals surface area contributed by atoms with Gasteiger partial charge in [-0.3, -0.25) is 24.4 Å². The summed E-state index contributed by atoms with van der Waals surface area (Å²) in [4.78, 5) is 40.8. The zero-order valence-electron chi connectivity index (χ0n) is 11.3. The molecule has 0 aromatic heterocycles. The van der Waals surface area contributed by atoms with Gasteiger partial charge in [0.25, 0.3) is 0 Å². The van der Waals surface area contributed by atoms with Gasteiger partial charge in [-0.1, -0.05) is 0 Å². The van der Waals surface area contributed by atoms with E-state index >= 15 is 0 Å². The maximum absolute atomic E-state index is 11.8. The quantitative estimate of drug-likeness (QED) is 0.376. The molecule has 0 saturated carbocycles. The van der Waals surface area contributed by atoms with Gasteiger partial charge >= 0.3 is 6.03 Å². The van der Waals surface area contributed by atoms with Gasteiger partial charge in [-0.05, 0) is 0 Å². The zero-order valence-corrected chi connectivity index (χ0v) is 11.3. The second-order valence-electron chi connectivity index (χ2n) is 3.97. The number of carbonyl (C=O) groups is 3. The molecule has 1 rings (SSSR count). The molecule has 1 aliphatic rings. The highest BCUT2D eigenvalue weighted by molar-refractivity contribution is 6.23. The van der Waals surface area contributed by atoms with Gasteiger partial charge in [-0.2, -0.15) is 0 Å². The second kappa shape index (κ2) is 6.39. The summed E-state index contributed by atoms with van der Waals surface area (Å²) < 4.78 is 9.84. The minimum Gasteiger partial charge on any atom is -0.354 e. The SMILES string of the molecule is COC(CN=CC1C(=O)N(C)C(=O)N(C)C1=O)OC. The largest absolute Gasteiger partial charge is 0.354 e. The third-order valence-electron chi connectivity index (χ3n) is 2.80. The molecule has 1 heterocycles. The number of hydrogen-bond donors (Lipinski definition) is 0. The lowest BCUT2D eigenvalue weighted by molar-refractivity contribution is -0.144. The molecule has 0 bridgehead atoms. The Hall–Kier alpha value is -1.80. The van der Waals surface area contributed by atoms with Crippen molar-refractivity contribution in [2.24, 2.45) is 10.9 Å². The molecule has 19 heavy (non-hydrogen) atoms. The minimum atomic E-state index is -1.08. The molecule has 8 heteroatoms. The van der Waals surface area contributed by atoms with E-state index in [9.17, 15) is 14.4 Å². The molecule has 1 fully saturated rings. The second-order valence-corrected chi connectivity index (χ2v) is 3.97.